The predicted molar refractivity (Wildman–Crippen MR) is 225 cm³/mol. The van der Waals surface area contributed by atoms with Crippen LogP contribution in [0.2, 0.25) is 0 Å². The second kappa shape index (κ2) is 18.7. The molecule has 10 nitrogen and oxygen atoms in total. The van der Waals surface area contributed by atoms with Crippen LogP contribution >= 0.6 is 10.7 Å². The number of sulfonamides is 1. The van der Waals surface area contributed by atoms with Gasteiger partial charge >= 0.3 is 0 Å². The number of rotatable bonds is 8. The molecule has 0 atom stereocenters. The smallest absolute Gasteiger partial charge is 0.267 e. The number of nitrogen functional groups attached to an aromatic ring is 1. The van der Waals surface area contributed by atoms with Crippen LogP contribution in [0.25, 0.3) is 45.2 Å². The molecule has 3 N–H and O–H groups in total. The van der Waals surface area contributed by atoms with Gasteiger partial charge in [0.15, 0.2) is 9.79 Å². The molecule has 0 bridgehead atoms. The molecule has 6 aromatic carbocycles. The standard InChI is InChI=1S/C22H16F2N2O3S.C16H14N2O.C6H3ClF2O2S/c1-14-5-6-16(22-25-11-12-29-22)13-18(14)15-7-9-17(10-8-15)26-30(27,28)21-19(23)3-2-4-20(21)24;1-11-2-3-13(16-18-8-9-19-16)10-15(11)12-4-6-14(17)7-5-12;7-12(10,11)6-4(8)2-1-3-5(6)9/h2-13,26H,1H3;2-10H,17H2,1H3;1-3H. The van der Waals surface area contributed by atoms with E-state index in [0.29, 0.717) is 11.8 Å². The average molecular weight is 889 g/mol. The number of oxazole rings is 2. The van der Waals surface area contributed by atoms with Gasteiger partial charge in [-0.2, -0.15) is 0 Å². The van der Waals surface area contributed by atoms with Gasteiger partial charge in [0, 0.05) is 33.2 Å². The Morgan fingerprint density at radius 3 is 1.33 bits per heavy atom. The molecular formula is C44H33ClF4N4O6S2. The third-order valence-corrected chi connectivity index (χ3v) is 11.6. The van der Waals surface area contributed by atoms with Crippen LogP contribution in [0.1, 0.15) is 11.1 Å². The van der Waals surface area contributed by atoms with E-state index in [-0.39, 0.29) is 5.69 Å². The molecule has 0 saturated heterocycles. The second-order valence-electron chi connectivity index (χ2n) is 13.1. The van der Waals surface area contributed by atoms with E-state index in [1.165, 1.54) is 24.0 Å². The third kappa shape index (κ3) is 10.7. The van der Waals surface area contributed by atoms with Crippen molar-refractivity contribution in [2.75, 3.05) is 10.5 Å². The molecule has 0 aliphatic heterocycles. The molecule has 0 spiro atoms. The summed E-state index contributed by atoms with van der Waals surface area (Å²) in [4.78, 5) is 6.21. The fourth-order valence-corrected chi connectivity index (χ4v) is 8.15. The van der Waals surface area contributed by atoms with Gasteiger partial charge in [-0.15, -0.1) is 0 Å². The molecule has 0 fully saturated rings. The lowest BCUT2D eigenvalue weighted by Gasteiger charge is -2.12. The Hall–Kier alpha value is -6.75. The van der Waals surface area contributed by atoms with Gasteiger partial charge in [-0.1, -0.05) is 48.5 Å². The number of nitrogens with one attached hydrogen (secondary N) is 1. The Morgan fingerprint density at radius 2 is 0.951 bits per heavy atom. The summed E-state index contributed by atoms with van der Waals surface area (Å²) in [6, 6.07) is 31.9. The Bertz CT molecular complexity index is 2970. The predicted octanol–water partition coefficient (Wildman–Crippen LogP) is 11.2. The number of hydrogen-bond donors (Lipinski definition) is 2. The minimum absolute atomic E-state index is 0.183. The lowest BCUT2D eigenvalue weighted by molar-refractivity contribution is 0.520. The van der Waals surface area contributed by atoms with E-state index in [1.54, 1.807) is 30.8 Å². The number of nitrogens with two attached hydrogens (primary N) is 1. The lowest BCUT2D eigenvalue weighted by atomic mass is 9.98. The lowest BCUT2D eigenvalue weighted by Crippen LogP contribution is -2.16. The van der Waals surface area contributed by atoms with E-state index < -0.39 is 52.1 Å². The molecule has 0 radical (unpaired) electrons. The SMILES string of the molecule is Cc1ccc(-c2ncco2)cc1-c1ccc(N)cc1.Cc1ccc(-c2ncco2)cc1-c1ccc(NS(=O)(=O)c2c(F)cccc2F)cc1.O=S(=O)(Cl)c1c(F)cccc1F. The molecule has 0 unspecified atom stereocenters. The van der Waals surface area contributed by atoms with Crippen molar-refractivity contribution in [2.45, 2.75) is 23.6 Å². The van der Waals surface area contributed by atoms with Gasteiger partial charge in [0.25, 0.3) is 19.1 Å². The summed E-state index contributed by atoms with van der Waals surface area (Å²) in [5.41, 5.74) is 14.7. The first-order valence-electron chi connectivity index (χ1n) is 17.8. The summed E-state index contributed by atoms with van der Waals surface area (Å²) >= 11 is 0. The van der Waals surface area contributed by atoms with Crippen molar-refractivity contribution in [3.05, 3.63) is 181 Å². The van der Waals surface area contributed by atoms with Crippen molar-refractivity contribution in [2.24, 2.45) is 0 Å². The highest BCUT2D eigenvalue weighted by Gasteiger charge is 2.24. The molecule has 0 amide bonds. The molecule has 0 aliphatic rings. The maximum atomic E-state index is 13.9. The van der Waals surface area contributed by atoms with Crippen molar-refractivity contribution in [3.8, 4) is 45.2 Å². The zero-order chi connectivity index (χ0) is 43.9. The molecule has 17 heteroatoms. The molecule has 8 rings (SSSR count). The number of halogens is 5. The number of benzene rings is 6. The number of aryl methyl sites for hydroxylation is 2. The van der Waals surface area contributed by atoms with E-state index >= 15 is 0 Å². The number of anilines is 2. The van der Waals surface area contributed by atoms with Crippen LogP contribution in [0.3, 0.4) is 0 Å². The Kier molecular flexibility index (Phi) is 13.4. The molecule has 312 valence electrons. The maximum Gasteiger partial charge on any atom is 0.267 e. The summed E-state index contributed by atoms with van der Waals surface area (Å²) in [5, 5.41) is 0. The van der Waals surface area contributed by atoms with Crippen molar-refractivity contribution >= 4 is 41.1 Å². The van der Waals surface area contributed by atoms with Crippen molar-refractivity contribution < 1.29 is 43.2 Å². The van der Waals surface area contributed by atoms with Crippen LogP contribution < -0.4 is 10.5 Å². The quantitative estimate of drug-likeness (QED) is 0.0860. The summed E-state index contributed by atoms with van der Waals surface area (Å²) in [7, 11) is -4.00. The van der Waals surface area contributed by atoms with Gasteiger partial charge < -0.3 is 14.6 Å². The fourth-order valence-electron chi connectivity index (χ4n) is 5.91. The number of hydrogen-bond acceptors (Lipinski definition) is 9. The van der Waals surface area contributed by atoms with Gasteiger partial charge in [-0.05, 0) is 120 Å². The van der Waals surface area contributed by atoms with Gasteiger partial charge in [0.1, 0.15) is 35.8 Å². The highest BCUT2D eigenvalue weighted by molar-refractivity contribution is 8.13. The van der Waals surface area contributed by atoms with Crippen LogP contribution in [0.5, 0.6) is 0 Å². The molecule has 2 aromatic heterocycles. The van der Waals surface area contributed by atoms with E-state index in [0.717, 1.165) is 81.0 Å². The highest BCUT2D eigenvalue weighted by atomic mass is 35.7. The largest absolute Gasteiger partial charge is 0.445 e. The van der Waals surface area contributed by atoms with E-state index in [4.69, 9.17) is 25.3 Å². The van der Waals surface area contributed by atoms with Gasteiger partial charge in [-0.3, -0.25) is 4.72 Å². The van der Waals surface area contributed by atoms with Crippen LogP contribution in [-0.4, -0.2) is 26.8 Å². The molecule has 61 heavy (non-hydrogen) atoms. The summed E-state index contributed by atoms with van der Waals surface area (Å²) in [5.74, 6) is -3.56. The summed E-state index contributed by atoms with van der Waals surface area (Å²) in [6.45, 7) is 4.04. The fraction of sp³-hybridized carbons (Fsp3) is 0.0455. The minimum Gasteiger partial charge on any atom is -0.445 e. The van der Waals surface area contributed by atoms with Crippen LogP contribution in [0.15, 0.2) is 165 Å². The van der Waals surface area contributed by atoms with Crippen molar-refractivity contribution in [1.82, 2.24) is 9.97 Å². The Balaban J connectivity index is 0.000000171. The van der Waals surface area contributed by atoms with Crippen molar-refractivity contribution in [1.29, 1.82) is 0 Å². The molecule has 2 heterocycles. The van der Waals surface area contributed by atoms with E-state index in [1.807, 2.05) is 55.5 Å². The van der Waals surface area contributed by atoms with Crippen LogP contribution in [0, 0.1) is 37.1 Å². The zero-order valence-corrected chi connectivity index (χ0v) is 34.4. The van der Waals surface area contributed by atoms with Crippen LogP contribution in [-0.2, 0) is 19.1 Å². The Morgan fingerprint density at radius 1 is 0.557 bits per heavy atom. The Labute approximate surface area is 352 Å². The molecule has 0 aliphatic carbocycles. The van der Waals surface area contributed by atoms with Gasteiger partial charge in [0.05, 0.1) is 12.4 Å². The second-order valence-corrected chi connectivity index (χ2v) is 17.2. The van der Waals surface area contributed by atoms with Crippen LogP contribution in [0.4, 0.5) is 28.9 Å². The first-order valence-corrected chi connectivity index (χ1v) is 21.6. The first-order chi connectivity index (χ1) is 29.0. The summed E-state index contributed by atoms with van der Waals surface area (Å²) < 4.78 is 112. The zero-order valence-electron chi connectivity index (χ0n) is 32.0. The monoisotopic (exact) mass is 888 g/mol. The van der Waals surface area contributed by atoms with Crippen molar-refractivity contribution in [3.63, 3.8) is 0 Å². The van der Waals surface area contributed by atoms with Gasteiger partial charge in [0.2, 0.25) is 11.8 Å². The topological polar surface area (TPSA) is 158 Å². The molecule has 8 aromatic rings. The third-order valence-electron chi connectivity index (χ3n) is 8.85. The average Bonchev–Trinajstić information content (AvgIpc) is 3.95. The molecule has 0 saturated carbocycles. The highest BCUT2D eigenvalue weighted by Crippen LogP contribution is 2.32. The van der Waals surface area contributed by atoms with E-state index in [9.17, 15) is 34.4 Å². The minimum atomic E-state index is -4.42. The summed E-state index contributed by atoms with van der Waals surface area (Å²) in [6.07, 6.45) is 6.29. The number of aromatic nitrogens is 2. The molecular weight excluding hydrogens is 856 g/mol. The normalized spacial score (nSPS) is 11.2. The van der Waals surface area contributed by atoms with E-state index in [2.05, 4.69) is 33.7 Å². The first kappa shape index (κ1) is 43.8. The maximum absolute atomic E-state index is 13.9. The number of nitrogens with zero attached hydrogens (tertiary/aromatic N) is 2. The van der Waals surface area contributed by atoms with Gasteiger partial charge in [-0.25, -0.2) is 44.4 Å².